The van der Waals surface area contributed by atoms with Gasteiger partial charge in [0.2, 0.25) is 0 Å². The van der Waals surface area contributed by atoms with Crippen molar-refractivity contribution in [2.75, 3.05) is 45.9 Å². The molecule has 0 spiro atoms. The van der Waals surface area contributed by atoms with Gasteiger partial charge >= 0.3 is 0 Å². The van der Waals surface area contributed by atoms with E-state index in [9.17, 15) is 0 Å². The maximum atomic E-state index is 8.95. The number of aryl methyl sites for hydroxylation is 2. The molecule has 0 aliphatic carbocycles. The number of aliphatic hydroxyl groups excluding tert-OH is 1. The first-order chi connectivity index (χ1) is 9.60. The largest absolute Gasteiger partial charge is 0.395 e. The van der Waals surface area contributed by atoms with Crippen molar-refractivity contribution < 1.29 is 5.11 Å². The van der Waals surface area contributed by atoms with Crippen LogP contribution in [0, 0.1) is 13.8 Å². The van der Waals surface area contributed by atoms with E-state index < -0.39 is 0 Å². The molecule has 1 fully saturated rings. The average Bonchev–Trinajstić information content (AvgIpc) is 2.44. The minimum atomic E-state index is 0.0543. The maximum Gasteiger partial charge on any atom is 0.0712 e. The van der Waals surface area contributed by atoms with Gasteiger partial charge in [-0.05, 0) is 30.5 Å². The topological polar surface area (TPSA) is 26.7 Å². The molecule has 1 aromatic rings. The molecule has 112 valence electrons. The maximum absolute atomic E-state index is 8.95. The third-order valence-corrected chi connectivity index (χ3v) is 4.58. The first-order valence-electron chi connectivity index (χ1n) is 7.37. The van der Waals surface area contributed by atoms with E-state index in [1.165, 1.54) is 16.7 Å². The number of β-amino-alcohol motifs (C(OH)–C–C–N with tert-alkyl or cyclic N) is 1. The number of halogens is 1. The summed E-state index contributed by atoms with van der Waals surface area (Å²) in [6, 6.07) is 6.50. The van der Waals surface area contributed by atoms with E-state index in [-0.39, 0.29) is 12.0 Å². The predicted octanol–water partition coefficient (Wildman–Crippen LogP) is 2.19. The van der Waals surface area contributed by atoms with E-state index in [2.05, 4.69) is 41.8 Å². The van der Waals surface area contributed by atoms with Crippen molar-refractivity contribution in [1.29, 1.82) is 0 Å². The van der Waals surface area contributed by atoms with Gasteiger partial charge in [-0.15, -0.1) is 11.6 Å². The summed E-state index contributed by atoms with van der Waals surface area (Å²) in [4.78, 5) is 4.72. The first kappa shape index (κ1) is 15.8. The van der Waals surface area contributed by atoms with Crippen LogP contribution >= 0.6 is 11.6 Å². The fourth-order valence-corrected chi connectivity index (χ4v) is 2.96. The van der Waals surface area contributed by atoms with E-state index in [1.807, 2.05) is 0 Å². The normalized spacial score (nSPS) is 19.2. The molecule has 1 aromatic carbocycles. The molecule has 1 N–H and O–H groups in total. The van der Waals surface area contributed by atoms with Crippen LogP contribution in [0.4, 0.5) is 0 Å². The highest BCUT2D eigenvalue weighted by molar-refractivity contribution is 6.21. The van der Waals surface area contributed by atoms with Gasteiger partial charge in [0.05, 0.1) is 12.0 Å². The molecule has 1 atom stereocenters. The highest BCUT2D eigenvalue weighted by Crippen LogP contribution is 2.24. The van der Waals surface area contributed by atoms with Gasteiger partial charge in [-0.3, -0.25) is 9.80 Å². The summed E-state index contributed by atoms with van der Waals surface area (Å²) >= 11 is 6.57. The molecule has 0 bridgehead atoms. The van der Waals surface area contributed by atoms with Gasteiger partial charge in [-0.2, -0.15) is 0 Å². The molecule has 1 saturated heterocycles. The second-order valence-electron chi connectivity index (χ2n) is 5.68. The molecule has 20 heavy (non-hydrogen) atoms. The van der Waals surface area contributed by atoms with E-state index in [0.717, 1.165) is 39.3 Å². The van der Waals surface area contributed by atoms with E-state index in [0.29, 0.717) is 0 Å². The zero-order valence-electron chi connectivity index (χ0n) is 12.5. The zero-order chi connectivity index (χ0) is 14.5. The van der Waals surface area contributed by atoms with Crippen LogP contribution in [0.15, 0.2) is 18.2 Å². The minimum Gasteiger partial charge on any atom is -0.395 e. The molecule has 0 amide bonds. The smallest absolute Gasteiger partial charge is 0.0712 e. The van der Waals surface area contributed by atoms with Crippen molar-refractivity contribution >= 4 is 11.6 Å². The lowest BCUT2D eigenvalue weighted by atomic mass is 10.0. The fourth-order valence-electron chi connectivity index (χ4n) is 2.63. The van der Waals surface area contributed by atoms with Crippen LogP contribution in [-0.2, 0) is 0 Å². The number of alkyl halides is 1. The number of nitrogens with zero attached hydrogens (tertiary/aromatic N) is 2. The van der Waals surface area contributed by atoms with Crippen LogP contribution in [0.5, 0.6) is 0 Å². The standard InChI is InChI=1S/C16H25ClN2O/c1-13-3-4-15(11-14(13)2)16(17)12-19-7-5-18(6-8-19)9-10-20/h3-4,11,16,20H,5-10,12H2,1-2H3. The summed E-state index contributed by atoms with van der Waals surface area (Å²) in [5.74, 6) is 0. The quantitative estimate of drug-likeness (QED) is 0.844. The predicted molar refractivity (Wildman–Crippen MR) is 84.5 cm³/mol. The second-order valence-corrected chi connectivity index (χ2v) is 6.20. The van der Waals surface area contributed by atoms with Crippen LogP contribution in [-0.4, -0.2) is 60.8 Å². The minimum absolute atomic E-state index is 0.0543. The third kappa shape index (κ3) is 4.19. The van der Waals surface area contributed by atoms with Crippen LogP contribution in [0.2, 0.25) is 0 Å². The summed E-state index contributed by atoms with van der Waals surface area (Å²) in [7, 11) is 0. The van der Waals surface area contributed by atoms with Crippen molar-refractivity contribution in [2.45, 2.75) is 19.2 Å². The number of piperazine rings is 1. The lowest BCUT2D eigenvalue weighted by Gasteiger charge is -2.35. The average molecular weight is 297 g/mol. The van der Waals surface area contributed by atoms with Gasteiger partial charge in [0.1, 0.15) is 0 Å². The summed E-state index contributed by atoms with van der Waals surface area (Å²) < 4.78 is 0. The van der Waals surface area contributed by atoms with Crippen LogP contribution in [0.3, 0.4) is 0 Å². The number of rotatable bonds is 5. The lowest BCUT2D eigenvalue weighted by molar-refractivity contribution is 0.112. The molecule has 1 unspecified atom stereocenters. The van der Waals surface area contributed by atoms with Gasteiger partial charge < -0.3 is 5.11 Å². The Labute approximate surface area is 127 Å². The third-order valence-electron chi connectivity index (χ3n) is 4.19. The molecule has 0 radical (unpaired) electrons. The summed E-state index contributed by atoms with van der Waals surface area (Å²) in [5.41, 5.74) is 3.84. The molecule has 1 aliphatic rings. The van der Waals surface area contributed by atoms with Crippen LogP contribution < -0.4 is 0 Å². The Morgan fingerprint density at radius 1 is 1.10 bits per heavy atom. The van der Waals surface area contributed by atoms with Gasteiger partial charge in [0, 0.05) is 39.3 Å². The Kier molecular flexibility index (Phi) is 5.85. The molecule has 0 aromatic heterocycles. The van der Waals surface area contributed by atoms with Crippen molar-refractivity contribution in [2.24, 2.45) is 0 Å². The molecule has 3 nitrogen and oxygen atoms in total. The number of hydrogen-bond acceptors (Lipinski definition) is 3. The van der Waals surface area contributed by atoms with Crippen molar-refractivity contribution in [3.63, 3.8) is 0 Å². The SMILES string of the molecule is Cc1ccc(C(Cl)CN2CCN(CCO)CC2)cc1C. The molecule has 4 heteroatoms. The van der Waals surface area contributed by atoms with Gasteiger partial charge in [-0.25, -0.2) is 0 Å². The molecule has 0 saturated carbocycles. The van der Waals surface area contributed by atoms with E-state index in [4.69, 9.17) is 16.7 Å². The Morgan fingerprint density at radius 3 is 2.35 bits per heavy atom. The number of hydrogen-bond donors (Lipinski definition) is 1. The van der Waals surface area contributed by atoms with Crippen molar-refractivity contribution in [3.8, 4) is 0 Å². The summed E-state index contributed by atoms with van der Waals surface area (Å²) in [6.07, 6.45) is 0. The molecular weight excluding hydrogens is 272 g/mol. The summed E-state index contributed by atoms with van der Waals surface area (Å²) in [5, 5.41) is 9.00. The van der Waals surface area contributed by atoms with E-state index in [1.54, 1.807) is 0 Å². The molecule has 1 heterocycles. The van der Waals surface area contributed by atoms with Crippen LogP contribution in [0.25, 0.3) is 0 Å². The number of benzene rings is 1. The zero-order valence-corrected chi connectivity index (χ0v) is 13.2. The highest BCUT2D eigenvalue weighted by atomic mass is 35.5. The highest BCUT2D eigenvalue weighted by Gasteiger charge is 2.19. The Hall–Kier alpha value is -0.610. The van der Waals surface area contributed by atoms with Gasteiger partial charge in [0.25, 0.3) is 0 Å². The Balaban J connectivity index is 1.85. The second kappa shape index (κ2) is 7.41. The molecule has 1 aliphatic heterocycles. The van der Waals surface area contributed by atoms with Gasteiger partial charge in [0.15, 0.2) is 0 Å². The number of aliphatic hydroxyl groups is 1. The monoisotopic (exact) mass is 296 g/mol. The first-order valence-corrected chi connectivity index (χ1v) is 7.80. The molecular formula is C16H25ClN2O. The summed E-state index contributed by atoms with van der Waals surface area (Å²) in [6.45, 7) is 10.3. The lowest BCUT2D eigenvalue weighted by Crippen LogP contribution is -2.47. The Morgan fingerprint density at radius 2 is 1.75 bits per heavy atom. The molecule has 2 rings (SSSR count). The van der Waals surface area contributed by atoms with Gasteiger partial charge in [-0.1, -0.05) is 18.2 Å². The van der Waals surface area contributed by atoms with Crippen LogP contribution in [0.1, 0.15) is 22.1 Å². The fraction of sp³-hybridized carbons (Fsp3) is 0.625. The van der Waals surface area contributed by atoms with Crippen molar-refractivity contribution in [3.05, 3.63) is 34.9 Å². The van der Waals surface area contributed by atoms with E-state index >= 15 is 0 Å². The van der Waals surface area contributed by atoms with Crippen molar-refractivity contribution in [1.82, 2.24) is 9.80 Å². The Bertz CT molecular complexity index is 430.